The van der Waals surface area contributed by atoms with Crippen LogP contribution in [0.4, 0.5) is 9.59 Å². The number of fused-ring (bicyclic) bond motifs is 2. The van der Waals surface area contributed by atoms with Crippen molar-refractivity contribution in [1.82, 2.24) is 20.4 Å². The molecule has 166 valence electrons. The Bertz CT molecular complexity index is 904. The van der Waals surface area contributed by atoms with Crippen LogP contribution in [0.1, 0.15) is 43.7 Å². The summed E-state index contributed by atoms with van der Waals surface area (Å²) in [5, 5.41) is 5.63. The van der Waals surface area contributed by atoms with Crippen LogP contribution in [-0.4, -0.2) is 66.0 Å². The largest absolute Gasteiger partial charge is 0.450 e. The lowest BCUT2D eigenvalue weighted by Crippen LogP contribution is -2.52. The van der Waals surface area contributed by atoms with Gasteiger partial charge < -0.3 is 20.3 Å². The van der Waals surface area contributed by atoms with E-state index in [9.17, 15) is 19.2 Å². The van der Waals surface area contributed by atoms with Crippen molar-refractivity contribution in [1.29, 1.82) is 0 Å². The van der Waals surface area contributed by atoms with Gasteiger partial charge in [0.1, 0.15) is 12.1 Å². The molecule has 2 aliphatic heterocycles. The molecule has 5 amide bonds. The number of alkyl carbamates (subject to hydrolysis) is 1. The minimum atomic E-state index is -1.08. The number of nitrogens with zero attached hydrogens (tertiary/aromatic N) is 2. The number of nitrogens with one attached hydrogen (secondary N) is 2. The van der Waals surface area contributed by atoms with Crippen LogP contribution in [0.5, 0.6) is 0 Å². The lowest BCUT2D eigenvalue weighted by atomic mass is 9.76. The van der Waals surface area contributed by atoms with Gasteiger partial charge in [0.2, 0.25) is 5.91 Å². The van der Waals surface area contributed by atoms with E-state index >= 15 is 0 Å². The third-order valence-corrected chi connectivity index (χ3v) is 6.32. The molecule has 31 heavy (non-hydrogen) atoms. The number of carbonyl (C=O) groups excluding carboxylic acids is 4. The molecular weight excluding hydrogens is 400 g/mol. The zero-order valence-electron chi connectivity index (χ0n) is 17.7. The number of urea groups is 1. The van der Waals surface area contributed by atoms with E-state index in [-0.39, 0.29) is 31.0 Å². The molecule has 2 N–H and O–H groups in total. The lowest BCUT2D eigenvalue weighted by molar-refractivity contribution is -0.140. The summed E-state index contributed by atoms with van der Waals surface area (Å²) in [6, 6.07) is 6.91. The highest BCUT2D eigenvalue weighted by Crippen LogP contribution is 2.39. The van der Waals surface area contributed by atoms with Crippen molar-refractivity contribution >= 4 is 23.9 Å². The number of rotatable bonds is 4. The Morgan fingerprint density at radius 3 is 2.87 bits per heavy atom. The molecule has 4 rings (SSSR count). The molecule has 0 radical (unpaired) electrons. The second-order valence-corrected chi connectivity index (χ2v) is 8.28. The first-order chi connectivity index (χ1) is 14.9. The Morgan fingerprint density at radius 2 is 2.06 bits per heavy atom. The predicted molar refractivity (Wildman–Crippen MR) is 111 cm³/mol. The topological polar surface area (TPSA) is 108 Å². The number of hydrogen-bond donors (Lipinski definition) is 2. The Morgan fingerprint density at radius 1 is 1.26 bits per heavy atom. The number of ether oxygens (including phenoxy) is 1. The molecule has 1 aliphatic carbocycles. The van der Waals surface area contributed by atoms with Crippen molar-refractivity contribution in [3.05, 3.63) is 35.4 Å². The Balaban J connectivity index is 1.44. The van der Waals surface area contributed by atoms with Gasteiger partial charge in [-0.2, -0.15) is 0 Å². The number of imide groups is 1. The summed E-state index contributed by atoms with van der Waals surface area (Å²) in [5.41, 5.74) is 0.799. The van der Waals surface area contributed by atoms with Crippen molar-refractivity contribution in [3.8, 4) is 0 Å². The smallest absolute Gasteiger partial charge is 0.407 e. The number of amides is 5. The zero-order valence-corrected chi connectivity index (χ0v) is 17.7. The SMILES string of the molecule is CCOC(=O)NC1CCCN(C(=O)CN2C(=O)NC3(CCCc4ccccc43)C2=O)C1. The van der Waals surface area contributed by atoms with E-state index < -0.39 is 17.7 Å². The summed E-state index contributed by atoms with van der Waals surface area (Å²) >= 11 is 0. The first-order valence-electron chi connectivity index (χ1n) is 10.9. The summed E-state index contributed by atoms with van der Waals surface area (Å²) in [6.07, 6.45) is 3.13. The van der Waals surface area contributed by atoms with Crippen LogP contribution in [0, 0.1) is 0 Å². The van der Waals surface area contributed by atoms with Crippen LogP contribution in [-0.2, 0) is 26.3 Å². The number of carbonyl (C=O) groups is 4. The van der Waals surface area contributed by atoms with Gasteiger partial charge in [-0.3, -0.25) is 14.5 Å². The summed E-state index contributed by atoms with van der Waals surface area (Å²) < 4.78 is 4.91. The van der Waals surface area contributed by atoms with Crippen molar-refractivity contribution < 1.29 is 23.9 Å². The van der Waals surface area contributed by atoms with E-state index in [0.29, 0.717) is 19.5 Å². The molecule has 2 heterocycles. The second-order valence-electron chi connectivity index (χ2n) is 8.28. The van der Waals surface area contributed by atoms with E-state index in [0.717, 1.165) is 41.7 Å². The number of likely N-dealkylation sites (tertiary alicyclic amines) is 1. The van der Waals surface area contributed by atoms with Crippen molar-refractivity contribution in [2.24, 2.45) is 0 Å². The lowest BCUT2D eigenvalue weighted by Gasteiger charge is -2.34. The molecule has 9 nitrogen and oxygen atoms in total. The molecule has 0 aromatic heterocycles. The predicted octanol–water partition coefficient (Wildman–Crippen LogP) is 1.51. The van der Waals surface area contributed by atoms with Gasteiger partial charge in [-0.15, -0.1) is 0 Å². The fourth-order valence-electron chi connectivity index (χ4n) is 4.85. The van der Waals surface area contributed by atoms with Crippen LogP contribution in [0.3, 0.4) is 0 Å². The van der Waals surface area contributed by atoms with Gasteiger partial charge in [0.15, 0.2) is 0 Å². The molecule has 1 aromatic rings. The number of aryl methyl sites for hydroxylation is 1. The van der Waals surface area contributed by atoms with E-state index in [1.54, 1.807) is 11.8 Å². The minimum Gasteiger partial charge on any atom is -0.450 e. The Labute approximate surface area is 181 Å². The van der Waals surface area contributed by atoms with Crippen LogP contribution >= 0.6 is 0 Å². The third kappa shape index (κ3) is 3.96. The van der Waals surface area contributed by atoms with Gasteiger partial charge >= 0.3 is 12.1 Å². The van der Waals surface area contributed by atoms with Gasteiger partial charge in [0.05, 0.1) is 6.61 Å². The number of piperidine rings is 1. The maximum Gasteiger partial charge on any atom is 0.407 e. The van der Waals surface area contributed by atoms with Gasteiger partial charge in [-0.1, -0.05) is 24.3 Å². The van der Waals surface area contributed by atoms with E-state index in [1.165, 1.54) is 0 Å². The van der Waals surface area contributed by atoms with Gasteiger partial charge in [0, 0.05) is 19.1 Å². The fourth-order valence-corrected chi connectivity index (χ4v) is 4.85. The molecule has 1 aromatic carbocycles. The standard InChI is InChI=1S/C22H28N4O5/c1-2-31-21(30)23-16-9-6-12-25(13-16)18(27)14-26-19(28)22(24-20(26)29)11-5-8-15-7-3-4-10-17(15)22/h3-4,7,10,16H,2,5-6,8-9,11-14H2,1H3,(H,23,30)(H,24,29). The first-order valence-corrected chi connectivity index (χ1v) is 10.9. The summed E-state index contributed by atoms with van der Waals surface area (Å²) in [6.45, 7) is 2.55. The van der Waals surface area contributed by atoms with E-state index in [2.05, 4.69) is 10.6 Å². The molecule has 2 fully saturated rings. The molecule has 1 spiro atoms. The highest BCUT2D eigenvalue weighted by molar-refractivity contribution is 6.09. The monoisotopic (exact) mass is 428 g/mol. The number of benzene rings is 1. The molecule has 0 bridgehead atoms. The van der Waals surface area contributed by atoms with Crippen molar-refractivity contribution in [2.45, 2.75) is 50.6 Å². The van der Waals surface area contributed by atoms with Crippen molar-refractivity contribution in [2.75, 3.05) is 26.2 Å². The average Bonchev–Trinajstić information content (AvgIpc) is 2.99. The van der Waals surface area contributed by atoms with Gasteiger partial charge in [-0.25, -0.2) is 9.59 Å². The van der Waals surface area contributed by atoms with Crippen LogP contribution in [0.25, 0.3) is 0 Å². The maximum absolute atomic E-state index is 13.4. The third-order valence-electron chi connectivity index (χ3n) is 6.32. The fraction of sp³-hybridized carbons (Fsp3) is 0.545. The van der Waals surface area contributed by atoms with E-state index in [1.807, 2.05) is 24.3 Å². The number of hydrogen-bond acceptors (Lipinski definition) is 5. The molecule has 2 atom stereocenters. The Hall–Kier alpha value is -3.10. The highest BCUT2D eigenvalue weighted by atomic mass is 16.5. The minimum absolute atomic E-state index is 0.212. The average molecular weight is 428 g/mol. The maximum atomic E-state index is 13.4. The molecule has 3 aliphatic rings. The normalized spacial score (nSPS) is 25.3. The quantitative estimate of drug-likeness (QED) is 0.707. The molecular formula is C22H28N4O5. The summed E-state index contributed by atoms with van der Waals surface area (Å²) in [5.74, 6) is -0.670. The molecule has 2 unspecified atom stereocenters. The summed E-state index contributed by atoms with van der Waals surface area (Å²) in [7, 11) is 0. The summed E-state index contributed by atoms with van der Waals surface area (Å²) in [4.78, 5) is 53.3. The highest BCUT2D eigenvalue weighted by Gasteiger charge is 2.54. The molecule has 9 heteroatoms. The molecule has 2 saturated heterocycles. The van der Waals surface area contributed by atoms with Crippen molar-refractivity contribution in [3.63, 3.8) is 0 Å². The van der Waals surface area contributed by atoms with Gasteiger partial charge in [0.25, 0.3) is 5.91 Å². The first kappa shape index (κ1) is 21.1. The van der Waals surface area contributed by atoms with Gasteiger partial charge in [-0.05, 0) is 50.2 Å². The molecule has 0 saturated carbocycles. The Kier molecular flexibility index (Phi) is 5.84. The van der Waals surface area contributed by atoms with Crippen LogP contribution < -0.4 is 10.6 Å². The van der Waals surface area contributed by atoms with Crippen LogP contribution in [0.15, 0.2) is 24.3 Å². The second kappa shape index (κ2) is 8.56. The van der Waals surface area contributed by atoms with E-state index in [4.69, 9.17) is 4.74 Å². The zero-order chi connectivity index (χ0) is 22.0. The van der Waals surface area contributed by atoms with Crippen LogP contribution in [0.2, 0.25) is 0 Å².